The van der Waals surface area contributed by atoms with Crippen molar-refractivity contribution in [1.82, 2.24) is 5.32 Å². The lowest BCUT2D eigenvalue weighted by Gasteiger charge is -2.37. The van der Waals surface area contributed by atoms with E-state index in [0.717, 1.165) is 37.5 Å². The number of nitrogens with two attached hydrogens (primary N) is 1. The lowest BCUT2D eigenvalue weighted by Crippen LogP contribution is -2.58. The Kier molecular flexibility index (Phi) is 2.89. The number of rotatable bonds is 3. The van der Waals surface area contributed by atoms with E-state index in [-0.39, 0.29) is 17.4 Å². The van der Waals surface area contributed by atoms with Crippen LogP contribution in [0.5, 0.6) is 0 Å². The van der Waals surface area contributed by atoms with Crippen LogP contribution < -0.4 is 11.1 Å². The predicted octanol–water partition coefficient (Wildman–Crippen LogP) is 2.38. The second kappa shape index (κ2) is 4.43. The fourth-order valence-electron chi connectivity index (χ4n) is 5.58. The van der Waals surface area contributed by atoms with Gasteiger partial charge in [0.1, 0.15) is 0 Å². The maximum atomic E-state index is 12.7. The van der Waals surface area contributed by atoms with Crippen molar-refractivity contribution in [2.24, 2.45) is 35.3 Å². The van der Waals surface area contributed by atoms with Crippen LogP contribution in [0.1, 0.15) is 51.4 Å². The van der Waals surface area contributed by atoms with Crippen molar-refractivity contribution in [3.8, 4) is 0 Å². The van der Waals surface area contributed by atoms with E-state index in [1.165, 1.54) is 25.7 Å². The van der Waals surface area contributed by atoms with Gasteiger partial charge in [-0.1, -0.05) is 31.5 Å². The zero-order valence-corrected chi connectivity index (χ0v) is 12.8. The van der Waals surface area contributed by atoms with Crippen LogP contribution in [0, 0.1) is 29.6 Å². The second-order valence-electron chi connectivity index (χ2n) is 7.51. The summed E-state index contributed by atoms with van der Waals surface area (Å²) in [6.45, 7) is 0. The van der Waals surface area contributed by atoms with Crippen molar-refractivity contribution in [3.05, 3.63) is 0 Å². The van der Waals surface area contributed by atoms with Crippen LogP contribution in [0.15, 0.2) is 0 Å². The van der Waals surface area contributed by atoms with Gasteiger partial charge in [-0.05, 0) is 55.8 Å². The average Bonchev–Trinajstić information content (AvgIpc) is 2.89. The minimum Gasteiger partial charge on any atom is -0.391 e. The monoisotopic (exact) mass is 292 g/mol. The van der Waals surface area contributed by atoms with E-state index in [1.807, 2.05) is 0 Å². The van der Waals surface area contributed by atoms with Crippen LogP contribution in [-0.2, 0) is 4.79 Å². The smallest absolute Gasteiger partial charge is 0.224 e. The van der Waals surface area contributed by atoms with Gasteiger partial charge in [0.05, 0.1) is 10.5 Å². The molecular formula is C16H24N2OS. The van der Waals surface area contributed by atoms with E-state index in [1.54, 1.807) is 0 Å². The van der Waals surface area contributed by atoms with E-state index in [9.17, 15) is 4.79 Å². The molecule has 4 unspecified atom stereocenters. The summed E-state index contributed by atoms with van der Waals surface area (Å²) in [6.07, 6.45) is 9.46. The first-order valence-corrected chi connectivity index (χ1v) is 8.65. The summed E-state index contributed by atoms with van der Waals surface area (Å²) < 4.78 is 0. The number of carbonyl (C=O) groups excluding carboxylic acids is 1. The Hall–Kier alpha value is -0.640. The Labute approximate surface area is 126 Å². The molecule has 4 aliphatic rings. The molecule has 20 heavy (non-hydrogen) atoms. The molecule has 4 heteroatoms. The molecule has 3 nitrogen and oxygen atoms in total. The molecule has 0 aromatic carbocycles. The van der Waals surface area contributed by atoms with Crippen molar-refractivity contribution >= 4 is 23.1 Å². The summed E-state index contributed by atoms with van der Waals surface area (Å²) in [5.41, 5.74) is 5.60. The number of hydrogen-bond acceptors (Lipinski definition) is 2. The quantitative estimate of drug-likeness (QED) is 0.785. The summed E-state index contributed by atoms with van der Waals surface area (Å²) in [5.74, 6) is 3.61. The van der Waals surface area contributed by atoms with E-state index < -0.39 is 0 Å². The topological polar surface area (TPSA) is 55.1 Å². The van der Waals surface area contributed by atoms with Gasteiger partial charge in [-0.15, -0.1) is 0 Å². The van der Waals surface area contributed by atoms with Gasteiger partial charge in [-0.2, -0.15) is 0 Å². The molecule has 0 heterocycles. The maximum absolute atomic E-state index is 12.7. The summed E-state index contributed by atoms with van der Waals surface area (Å²) in [7, 11) is 0. The zero-order valence-electron chi connectivity index (χ0n) is 11.9. The summed E-state index contributed by atoms with van der Waals surface area (Å²) in [6, 6.07) is 0. The Morgan fingerprint density at radius 3 is 2.25 bits per heavy atom. The van der Waals surface area contributed by atoms with Gasteiger partial charge in [-0.3, -0.25) is 4.79 Å². The molecule has 4 rings (SSSR count). The first kappa shape index (κ1) is 13.1. The van der Waals surface area contributed by atoms with Gasteiger partial charge in [0.15, 0.2) is 0 Å². The molecule has 0 aromatic rings. The van der Waals surface area contributed by atoms with Crippen LogP contribution in [0.25, 0.3) is 0 Å². The highest BCUT2D eigenvalue weighted by molar-refractivity contribution is 7.80. The highest BCUT2D eigenvalue weighted by atomic mass is 32.1. The Bertz CT molecular complexity index is 441. The van der Waals surface area contributed by atoms with E-state index >= 15 is 0 Å². The van der Waals surface area contributed by atoms with Crippen LogP contribution in [0.4, 0.5) is 0 Å². The molecule has 0 aromatic heterocycles. The van der Waals surface area contributed by atoms with Gasteiger partial charge in [0.2, 0.25) is 5.91 Å². The minimum absolute atomic E-state index is 0.256. The third-order valence-electron chi connectivity index (χ3n) is 6.58. The fourth-order valence-corrected chi connectivity index (χ4v) is 5.84. The van der Waals surface area contributed by atoms with Gasteiger partial charge >= 0.3 is 0 Å². The molecule has 110 valence electrons. The van der Waals surface area contributed by atoms with Crippen molar-refractivity contribution in [2.75, 3.05) is 0 Å². The number of amides is 1. The zero-order chi connectivity index (χ0) is 13.9. The highest BCUT2D eigenvalue weighted by Gasteiger charge is 2.67. The van der Waals surface area contributed by atoms with Crippen LogP contribution in [0.2, 0.25) is 0 Å². The van der Waals surface area contributed by atoms with Crippen LogP contribution >= 0.6 is 12.2 Å². The van der Waals surface area contributed by atoms with Gasteiger partial charge in [-0.25, -0.2) is 0 Å². The molecule has 4 fully saturated rings. The van der Waals surface area contributed by atoms with Crippen LogP contribution in [0.3, 0.4) is 0 Å². The number of hydrogen-bond donors (Lipinski definition) is 2. The summed E-state index contributed by atoms with van der Waals surface area (Å²) >= 11 is 5.28. The Balaban J connectivity index is 1.46. The van der Waals surface area contributed by atoms with Crippen molar-refractivity contribution in [2.45, 2.75) is 56.9 Å². The van der Waals surface area contributed by atoms with Crippen molar-refractivity contribution < 1.29 is 4.79 Å². The molecule has 1 amide bonds. The summed E-state index contributed by atoms with van der Waals surface area (Å²) in [5, 5.41) is 3.29. The lowest BCUT2D eigenvalue weighted by atomic mass is 9.81. The van der Waals surface area contributed by atoms with E-state index in [2.05, 4.69) is 5.32 Å². The van der Waals surface area contributed by atoms with Crippen molar-refractivity contribution in [3.63, 3.8) is 0 Å². The normalized spacial score (nSPS) is 43.9. The molecular weight excluding hydrogens is 268 g/mol. The SMILES string of the molecule is NC(=S)C1(NC(=O)C2C3C4CCC(C4)C23)CCCCC1. The molecule has 0 radical (unpaired) electrons. The highest BCUT2D eigenvalue weighted by Crippen LogP contribution is 2.69. The second-order valence-corrected chi connectivity index (χ2v) is 7.95. The van der Waals surface area contributed by atoms with Crippen molar-refractivity contribution in [1.29, 1.82) is 0 Å². The maximum Gasteiger partial charge on any atom is 0.224 e. The molecule has 2 bridgehead atoms. The van der Waals surface area contributed by atoms with Gasteiger partial charge in [0.25, 0.3) is 0 Å². The number of fused-ring (bicyclic) bond motifs is 5. The number of nitrogens with one attached hydrogen (secondary N) is 1. The lowest BCUT2D eigenvalue weighted by molar-refractivity contribution is -0.124. The predicted molar refractivity (Wildman–Crippen MR) is 82.0 cm³/mol. The molecule has 4 atom stereocenters. The summed E-state index contributed by atoms with van der Waals surface area (Å²) in [4.78, 5) is 13.2. The standard InChI is InChI=1S/C16H24N2OS/c17-15(20)16(6-2-1-3-7-16)18-14(19)13-11-9-4-5-10(8-9)12(11)13/h9-13H,1-8H2,(H2,17,20)(H,18,19). The molecule has 4 saturated carbocycles. The fraction of sp³-hybridized carbons (Fsp3) is 0.875. The first-order chi connectivity index (χ1) is 9.62. The third kappa shape index (κ3) is 1.76. The molecule has 4 aliphatic carbocycles. The number of carbonyl (C=O) groups is 1. The minimum atomic E-state index is -0.374. The molecule has 0 spiro atoms. The molecule has 0 aliphatic heterocycles. The van der Waals surface area contributed by atoms with E-state index in [4.69, 9.17) is 18.0 Å². The molecule has 0 saturated heterocycles. The van der Waals surface area contributed by atoms with E-state index in [0.29, 0.717) is 16.8 Å². The van der Waals surface area contributed by atoms with Gasteiger partial charge < -0.3 is 11.1 Å². The average molecular weight is 292 g/mol. The Morgan fingerprint density at radius 1 is 1.10 bits per heavy atom. The first-order valence-electron chi connectivity index (χ1n) is 8.24. The largest absolute Gasteiger partial charge is 0.391 e. The van der Waals surface area contributed by atoms with Gasteiger partial charge in [0, 0.05) is 5.92 Å². The Morgan fingerprint density at radius 2 is 1.70 bits per heavy atom. The number of thiocarbonyl (C=S) groups is 1. The van der Waals surface area contributed by atoms with Crippen LogP contribution in [-0.4, -0.2) is 16.4 Å². The molecule has 3 N–H and O–H groups in total. The third-order valence-corrected chi connectivity index (χ3v) is 6.97.